The molecule has 7 nitrogen and oxygen atoms in total. The van der Waals surface area contributed by atoms with Crippen molar-refractivity contribution in [3.05, 3.63) is 65.0 Å². The number of benzene rings is 1. The number of carbonyl (C=O) groups excluding carboxylic acids is 2. The summed E-state index contributed by atoms with van der Waals surface area (Å²) in [5.74, 6) is -0.601. The van der Waals surface area contributed by atoms with E-state index in [9.17, 15) is 9.59 Å². The molecule has 144 valence electrons. The number of esters is 1. The van der Waals surface area contributed by atoms with E-state index in [0.29, 0.717) is 29.9 Å². The van der Waals surface area contributed by atoms with E-state index in [1.54, 1.807) is 17.0 Å². The van der Waals surface area contributed by atoms with E-state index in [-0.39, 0.29) is 5.91 Å². The van der Waals surface area contributed by atoms with Gasteiger partial charge in [0.2, 0.25) is 0 Å². The minimum atomic E-state index is -0.472. The highest BCUT2D eigenvalue weighted by Crippen LogP contribution is 2.12. The maximum absolute atomic E-state index is 12.7. The third-order valence-corrected chi connectivity index (χ3v) is 4.77. The van der Waals surface area contributed by atoms with Gasteiger partial charge in [-0.05, 0) is 36.2 Å². The summed E-state index contributed by atoms with van der Waals surface area (Å²) >= 11 is 0. The van der Waals surface area contributed by atoms with Crippen LogP contribution in [0.15, 0.2) is 42.6 Å². The van der Waals surface area contributed by atoms with E-state index in [4.69, 9.17) is 5.26 Å². The molecule has 1 aromatic carbocycles. The molecule has 0 atom stereocenters. The Morgan fingerprint density at radius 3 is 2.54 bits per heavy atom. The van der Waals surface area contributed by atoms with Gasteiger partial charge in [-0.15, -0.1) is 0 Å². The normalized spacial score (nSPS) is 14.8. The highest BCUT2D eigenvalue weighted by Gasteiger charge is 2.21. The zero-order valence-electron chi connectivity index (χ0n) is 15.8. The molecular weight excluding hydrogens is 356 g/mol. The van der Waals surface area contributed by atoms with Gasteiger partial charge in [0.15, 0.2) is 0 Å². The summed E-state index contributed by atoms with van der Waals surface area (Å²) in [4.78, 5) is 32.5. The lowest BCUT2D eigenvalue weighted by Gasteiger charge is -2.22. The first-order valence-electron chi connectivity index (χ1n) is 9.16. The van der Waals surface area contributed by atoms with Crippen molar-refractivity contribution in [2.75, 3.05) is 33.3 Å². The molecule has 1 aromatic heterocycles. The predicted molar refractivity (Wildman–Crippen MR) is 103 cm³/mol. The highest BCUT2D eigenvalue weighted by molar-refractivity contribution is 5.94. The van der Waals surface area contributed by atoms with Gasteiger partial charge in [0.05, 0.1) is 24.3 Å². The molecule has 1 saturated heterocycles. The summed E-state index contributed by atoms with van der Waals surface area (Å²) in [6.45, 7) is 3.75. The first kappa shape index (κ1) is 19.5. The van der Waals surface area contributed by atoms with Gasteiger partial charge >= 0.3 is 5.97 Å². The minimum Gasteiger partial charge on any atom is -0.465 e. The number of rotatable bonds is 4. The summed E-state index contributed by atoms with van der Waals surface area (Å²) in [6, 6.07) is 12.8. The Kier molecular flexibility index (Phi) is 6.35. The van der Waals surface area contributed by atoms with Crippen LogP contribution in [-0.2, 0) is 11.3 Å². The smallest absolute Gasteiger partial charge is 0.339 e. The van der Waals surface area contributed by atoms with Crippen molar-refractivity contribution in [2.45, 2.75) is 13.0 Å². The highest BCUT2D eigenvalue weighted by atomic mass is 16.5. The fourth-order valence-corrected chi connectivity index (χ4v) is 3.20. The van der Waals surface area contributed by atoms with E-state index in [1.807, 2.05) is 24.3 Å². The summed E-state index contributed by atoms with van der Waals surface area (Å²) in [6.07, 6.45) is 2.25. The summed E-state index contributed by atoms with van der Waals surface area (Å²) in [5.41, 5.74) is 2.46. The van der Waals surface area contributed by atoms with Crippen LogP contribution in [-0.4, -0.2) is 59.9 Å². The van der Waals surface area contributed by atoms with E-state index in [1.165, 1.54) is 13.3 Å². The summed E-state index contributed by atoms with van der Waals surface area (Å²) < 4.78 is 4.65. The lowest BCUT2D eigenvalue weighted by atomic mass is 10.1. The number of nitriles is 1. The number of nitrogens with zero attached hydrogens (tertiary/aromatic N) is 4. The van der Waals surface area contributed by atoms with Gasteiger partial charge in [-0.2, -0.15) is 5.26 Å². The molecule has 28 heavy (non-hydrogen) atoms. The standard InChI is InChI=1S/C21H22N4O3/c1-28-21(27)18-7-8-19(23-14-18)20(26)25-10-2-9-24(11-12-25)15-17-5-3-16(13-22)4-6-17/h3-8,14H,2,9-12,15H2,1H3. The second kappa shape index (κ2) is 9.11. The number of hydrogen-bond acceptors (Lipinski definition) is 6. The van der Waals surface area contributed by atoms with Gasteiger partial charge in [-0.3, -0.25) is 14.7 Å². The fraction of sp³-hybridized carbons (Fsp3) is 0.333. The van der Waals surface area contributed by atoms with Gasteiger partial charge in [-0.25, -0.2) is 4.79 Å². The Balaban J connectivity index is 1.58. The van der Waals surface area contributed by atoms with Crippen LogP contribution in [0.3, 0.4) is 0 Å². The summed E-state index contributed by atoms with van der Waals surface area (Å²) in [7, 11) is 1.31. The Labute approximate surface area is 164 Å². The average molecular weight is 378 g/mol. The van der Waals surface area contributed by atoms with Crippen molar-refractivity contribution in [1.82, 2.24) is 14.8 Å². The molecule has 2 aromatic rings. The Hall–Kier alpha value is -3.24. The quantitative estimate of drug-likeness (QED) is 0.757. The van der Waals surface area contributed by atoms with Crippen LogP contribution in [0.2, 0.25) is 0 Å². The molecule has 0 saturated carbocycles. The molecule has 0 spiro atoms. The van der Waals surface area contributed by atoms with Crippen molar-refractivity contribution >= 4 is 11.9 Å². The van der Waals surface area contributed by atoms with Crippen molar-refractivity contribution in [1.29, 1.82) is 5.26 Å². The van der Waals surface area contributed by atoms with Gasteiger partial charge in [0, 0.05) is 38.9 Å². The third kappa shape index (κ3) is 4.72. The molecule has 0 radical (unpaired) electrons. The second-order valence-electron chi connectivity index (χ2n) is 6.65. The van der Waals surface area contributed by atoms with Crippen LogP contribution in [0.4, 0.5) is 0 Å². The predicted octanol–water partition coefficient (Wildman–Crippen LogP) is 2.09. The monoisotopic (exact) mass is 378 g/mol. The van der Waals surface area contributed by atoms with Gasteiger partial charge in [0.1, 0.15) is 5.69 Å². The molecule has 2 heterocycles. The third-order valence-electron chi connectivity index (χ3n) is 4.77. The minimum absolute atomic E-state index is 0.128. The van der Waals surface area contributed by atoms with E-state index in [0.717, 1.165) is 31.6 Å². The molecule has 0 N–H and O–H groups in total. The van der Waals surface area contributed by atoms with Crippen molar-refractivity contribution in [3.63, 3.8) is 0 Å². The van der Waals surface area contributed by atoms with E-state index < -0.39 is 5.97 Å². The number of aromatic nitrogens is 1. The van der Waals surface area contributed by atoms with E-state index >= 15 is 0 Å². The largest absolute Gasteiger partial charge is 0.465 e. The van der Waals surface area contributed by atoms with Crippen LogP contribution < -0.4 is 0 Å². The molecule has 0 bridgehead atoms. The summed E-state index contributed by atoms with van der Waals surface area (Å²) in [5, 5.41) is 8.89. The van der Waals surface area contributed by atoms with E-state index in [2.05, 4.69) is 20.7 Å². The maximum atomic E-state index is 12.7. The molecule has 0 aliphatic carbocycles. The van der Waals surface area contributed by atoms with Crippen LogP contribution in [0.25, 0.3) is 0 Å². The van der Waals surface area contributed by atoms with Gasteiger partial charge in [-0.1, -0.05) is 12.1 Å². The average Bonchev–Trinajstić information content (AvgIpc) is 2.99. The zero-order valence-corrected chi connectivity index (χ0v) is 15.8. The topological polar surface area (TPSA) is 86.5 Å². The number of pyridine rings is 1. The first-order valence-corrected chi connectivity index (χ1v) is 9.16. The van der Waals surface area contributed by atoms with Crippen molar-refractivity contribution < 1.29 is 14.3 Å². The molecule has 3 rings (SSSR count). The number of ether oxygens (including phenoxy) is 1. The number of carbonyl (C=O) groups is 2. The van der Waals surface area contributed by atoms with Crippen LogP contribution in [0, 0.1) is 11.3 Å². The molecule has 7 heteroatoms. The van der Waals surface area contributed by atoms with Gasteiger partial charge < -0.3 is 9.64 Å². The number of hydrogen-bond donors (Lipinski definition) is 0. The van der Waals surface area contributed by atoms with Crippen molar-refractivity contribution in [3.8, 4) is 6.07 Å². The maximum Gasteiger partial charge on any atom is 0.339 e. The Bertz CT molecular complexity index is 872. The van der Waals surface area contributed by atoms with Crippen molar-refractivity contribution in [2.24, 2.45) is 0 Å². The van der Waals surface area contributed by atoms with Gasteiger partial charge in [0.25, 0.3) is 5.91 Å². The Morgan fingerprint density at radius 1 is 1.11 bits per heavy atom. The lowest BCUT2D eigenvalue weighted by molar-refractivity contribution is 0.0599. The van der Waals surface area contributed by atoms with Crippen LogP contribution in [0.5, 0.6) is 0 Å². The van der Waals surface area contributed by atoms with Crippen LogP contribution in [0.1, 0.15) is 38.4 Å². The molecule has 1 aliphatic heterocycles. The molecule has 1 amide bonds. The SMILES string of the molecule is COC(=O)c1ccc(C(=O)N2CCCN(Cc3ccc(C#N)cc3)CC2)nc1. The number of amides is 1. The number of methoxy groups -OCH3 is 1. The molecule has 1 aliphatic rings. The van der Waals surface area contributed by atoms with Crippen LogP contribution >= 0.6 is 0 Å². The second-order valence-corrected chi connectivity index (χ2v) is 6.65. The fourth-order valence-electron chi connectivity index (χ4n) is 3.20. The molecular formula is C21H22N4O3. The lowest BCUT2D eigenvalue weighted by Crippen LogP contribution is -2.35. The molecule has 1 fully saturated rings. The Morgan fingerprint density at radius 2 is 1.89 bits per heavy atom. The first-order chi connectivity index (χ1) is 13.6. The zero-order chi connectivity index (χ0) is 19.9. The molecule has 0 unspecified atom stereocenters.